The lowest BCUT2D eigenvalue weighted by Crippen LogP contribution is -2.06. The number of para-hydroxylation sites is 1. The first kappa shape index (κ1) is 19.5. The molecule has 0 amide bonds. The van der Waals surface area contributed by atoms with E-state index in [-0.39, 0.29) is 0 Å². The predicted octanol–water partition coefficient (Wildman–Crippen LogP) is 5.21. The molecule has 0 saturated heterocycles. The predicted molar refractivity (Wildman–Crippen MR) is 116 cm³/mol. The highest BCUT2D eigenvalue weighted by Gasteiger charge is 2.15. The Morgan fingerprint density at radius 2 is 1.66 bits per heavy atom. The van der Waals surface area contributed by atoms with E-state index in [2.05, 4.69) is 31.9 Å². The van der Waals surface area contributed by atoms with Crippen molar-refractivity contribution in [3.05, 3.63) is 89.7 Å². The van der Waals surface area contributed by atoms with Gasteiger partial charge < -0.3 is 4.74 Å². The lowest BCUT2D eigenvalue weighted by molar-refractivity contribution is 0.344. The van der Waals surface area contributed by atoms with Crippen molar-refractivity contribution >= 4 is 23.4 Å². The molecular formula is C22H19ClN4OS. The van der Waals surface area contributed by atoms with Crippen molar-refractivity contribution in [3.8, 4) is 17.1 Å². The number of rotatable bonds is 8. The zero-order valence-corrected chi connectivity index (χ0v) is 17.2. The first-order valence-corrected chi connectivity index (χ1v) is 10.6. The van der Waals surface area contributed by atoms with Gasteiger partial charge in [0.2, 0.25) is 0 Å². The third-order valence-electron chi connectivity index (χ3n) is 4.25. The Labute approximate surface area is 178 Å². The summed E-state index contributed by atoms with van der Waals surface area (Å²) in [6.45, 7) is 1.22. The molecule has 0 N–H and O–H groups in total. The summed E-state index contributed by atoms with van der Waals surface area (Å²) in [5.41, 5.74) is 2.18. The van der Waals surface area contributed by atoms with E-state index >= 15 is 0 Å². The van der Waals surface area contributed by atoms with Gasteiger partial charge in [-0.3, -0.25) is 9.55 Å². The fourth-order valence-electron chi connectivity index (χ4n) is 2.86. The fourth-order valence-corrected chi connectivity index (χ4v) is 3.81. The second-order valence-corrected chi connectivity index (χ2v) is 7.71. The quantitative estimate of drug-likeness (QED) is 0.288. The highest BCUT2D eigenvalue weighted by molar-refractivity contribution is 7.99. The molecule has 0 atom stereocenters. The maximum absolute atomic E-state index is 6.14. The van der Waals surface area contributed by atoms with Gasteiger partial charge in [0.1, 0.15) is 5.75 Å². The first-order valence-electron chi connectivity index (χ1n) is 9.19. The molecule has 0 aliphatic rings. The minimum absolute atomic E-state index is 0.525. The lowest BCUT2D eigenvalue weighted by Gasteiger charge is -2.11. The monoisotopic (exact) mass is 422 g/mol. The van der Waals surface area contributed by atoms with Crippen molar-refractivity contribution in [3.63, 3.8) is 0 Å². The van der Waals surface area contributed by atoms with Crippen LogP contribution in [0.2, 0.25) is 5.02 Å². The van der Waals surface area contributed by atoms with Crippen molar-refractivity contribution in [1.29, 1.82) is 0 Å². The minimum atomic E-state index is 0.525. The third kappa shape index (κ3) is 4.96. The summed E-state index contributed by atoms with van der Waals surface area (Å²) < 4.78 is 7.92. The van der Waals surface area contributed by atoms with Gasteiger partial charge in [-0.2, -0.15) is 0 Å². The van der Waals surface area contributed by atoms with Gasteiger partial charge >= 0.3 is 0 Å². The highest BCUT2D eigenvalue weighted by atomic mass is 35.5. The number of halogens is 1. The van der Waals surface area contributed by atoms with Crippen LogP contribution >= 0.6 is 23.4 Å². The van der Waals surface area contributed by atoms with Gasteiger partial charge in [-0.15, -0.1) is 10.2 Å². The molecule has 0 aliphatic carbocycles. The Kier molecular flexibility index (Phi) is 6.44. The fraction of sp³-hybridized carbons (Fsp3) is 0.136. The van der Waals surface area contributed by atoms with Crippen LogP contribution in [0.5, 0.6) is 5.75 Å². The van der Waals surface area contributed by atoms with E-state index < -0.39 is 0 Å². The van der Waals surface area contributed by atoms with Crippen molar-refractivity contribution in [1.82, 2.24) is 19.7 Å². The van der Waals surface area contributed by atoms with Gasteiger partial charge in [0, 0.05) is 23.7 Å². The van der Waals surface area contributed by atoms with Crippen LogP contribution in [0.15, 0.2) is 84.3 Å². The molecule has 2 heterocycles. The smallest absolute Gasteiger partial charge is 0.191 e. The molecular weight excluding hydrogens is 404 g/mol. The van der Waals surface area contributed by atoms with E-state index in [1.807, 2.05) is 54.6 Å². The average molecular weight is 423 g/mol. The number of hydrogen-bond donors (Lipinski definition) is 0. The van der Waals surface area contributed by atoms with Gasteiger partial charge in [-0.05, 0) is 29.8 Å². The Balaban J connectivity index is 1.50. The van der Waals surface area contributed by atoms with Crippen LogP contribution in [0, 0.1) is 0 Å². The molecule has 2 aromatic carbocycles. The van der Waals surface area contributed by atoms with Crippen LogP contribution in [0.3, 0.4) is 0 Å². The van der Waals surface area contributed by atoms with Gasteiger partial charge in [0.25, 0.3) is 0 Å². The second-order valence-electron chi connectivity index (χ2n) is 6.24. The molecule has 0 unspecified atom stereocenters. The Bertz CT molecular complexity index is 1060. The minimum Gasteiger partial charge on any atom is -0.491 e. The summed E-state index contributed by atoms with van der Waals surface area (Å²) in [6, 6.07) is 21.7. The van der Waals surface area contributed by atoms with E-state index in [1.54, 1.807) is 24.2 Å². The van der Waals surface area contributed by atoms with Gasteiger partial charge in [-0.25, -0.2) is 0 Å². The van der Waals surface area contributed by atoms with Crippen LogP contribution in [0.4, 0.5) is 0 Å². The molecule has 4 rings (SSSR count). The summed E-state index contributed by atoms with van der Waals surface area (Å²) in [4.78, 5) is 4.10. The molecule has 0 radical (unpaired) electrons. The third-order valence-corrected chi connectivity index (χ3v) is 5.49. The molecule has 29 heavy (non-hydrogen) atoms. The highest BCUT2D eigenvalue weighted by Crippen LogP contribution is 2.26. The topological polar surface area (TPSA) is 52.8 Å². The number of pyridine rings is 1. The second kappa shape index (κ2) is 9.58. The summed E-state index contributed by atoms with van der Waals surface area (Å²) >= 11 is 7.76. The van der Waals surface area contributed by atoms with Crippen molar-refractivity contribution in [2.24, 2.45) is 0 Å². The molecule has 0 bridgehead atoms. The SMILES string of the molecule is Clc1ccccc1OCCSc1nnc(-c2ccncc2)n1Cc1ccccc1. The standard InChI is InChI=1S/C22H19ClN4OS/c23-19-8-4-5-9-20(19)28-14-15-29-22-26-25-21(18-10-12-24-13-11-18)27(22)16-17-6-2-1-3-7-17/h1-13H,14-16H2. The van der Waals surface area contributed by atoms with Crippen LogP contribution in [0.1, 0.15) is 5.56 Å². The van der Waals surface area contributed by atoms with E-state index in [0.29, 0.717) is 23.9 Å². The molecule has 0 aliphatic heterocycles. The summed E-state index contributed by atoms with van der Waals surface area (Å²) in [7, 11) is 0. The molecule has 2 aromatic heterocycles. The maximum Gasteiger partial charge on any atom is 0.191 e. The van der Waals surface area contributed by atoms with E-state index in [9.17, 15) is 0 Å². The zero-order valence-electron chi connectivity index (χ0n) is 15.6. The van der Waals surface area contributed by atoms with Crippen LogP contribution < -0.4 is 4.74 Å². The number of aromatic nitrogens is 4. The summed E-state index contributed by atoms with van der Waals surface area (Å²) in [5, 5.41) is 10.3. The van der Waals surface area contributed by atoms with E-state index in [0.717, 1.165) is 22.3 Å². The number of thioether (sulfide) groups is 1. The average Bonchev–Trinajstić information content (AvgIpc) is 3.16. The first-order chi connectivity index (χ1) is 14.3. The normalized spacial score (nSPS) is 10.8. The zero-order chi connectivity index (χ0) is 19.9. The molecule has 0 fully saturated rings. The van der Waals surface area contributed by atoms with Crippen LogP contribution in [0.25, 0.3) is 11.4 Å². The maximum atomic E-state index is 6.14. The van der Waals surface area contributed by atoms with Gasteiger partial charge in [0.05, 0.1) is 18.2 Å². The number of ether oxygens (including phenoxy) is 1. The van der Waals surface area contributed by atoms with Crippen LogP contribution in [-0.4, -0.2) is 32.1 Å². The Hall–Kier alpha value is -2.83. The Morgan fingerprint density at radius 1 is 0.897 bits per heavy atom. The van der Waals surface area contributed by atoms with Gasteiger partial charge in [0.15, 0.2) is 11.0 Å². The van der Waals surface area contributed by atoms with Crippen LogP contribution in [-0.2, 0) is 6.54 Å². The number of hydrogen-bond acceptors (Lipinski definition) is 5. The molecule has 0 saturated carbocycles. The summed E-state index contributed by atoms with van der Waals surface area (Å²) in [5.74, 6) is 2.25. The van der Waals surface area contributed by atoms with E-state index in [1.165, 1.54) is 5.56 Å². The number of nitrogens with zero attached hydrogens (tertiary/aromatic N) is 4. The molecule has 146 valence electrons. The number of benzene rings is 2. The molecule has 4 aromatic rings. The Morgan fingerprint density at radius 3 is 2.45 bits per heavy atom. The molecule has 5 nitrogen and oxygen atoms in total. The summed E-state index contributed by atoms with van der Waals surface area (Å²) in [6.07, 6.45) is 3.53. The van der Waals surface area contributed by atoms with Gasteiger partial charge in [-0.1, -0.05) is 65.8 Å². The van der Waals surface area contributed by atoms with Crippen molar-refractivity contribution in [2.75, 3.05) is 12.4 Å². The molecule has 7 heteroatoms. The molecule has 0 spiro atoms. The van der Waals surface area contributed by atoms with E-state index in [4.69, 9.17) is 16.3 Å². The van der Waals surface area contributed by atoms with Crippen molar-refractivity contribution in [2.45, 2.75) is 11.7 Å². The lowest BCUT2D eigenvalue weighted by atomic mass is 10.2. The van der Waals surface area contributed by atoms with Crippen molar-refractivity contribution < 1.29 is 4.74 Å². The largest absolute Gasteiger partial charge is 0.491 e.